The highest BCUT2D eigenvalue weighted by molar-refractivity contribution is 6.11. The minimum Gasteiger partial charge on any atom is -0.298 e. The molecule has 0 spiro atoms. The molecule has 0 fully saturated rings. The molecule has 0 heterocycles. The Hall–Kier alpha value is -3.26. The molecule has 0 unspecified atom stereocenters. The van der Waals surface area contributed by atoms with E-state index in [-0.39, 0.29) is 5.78 Å². The summed E-state index contributed by atoms with van der Waals surface area (Å²) in [5.74, 6) is -0.0878. The van der Waals surface area contributed by atoms with E-state index in [9.17, 15) is 9.59 Å². The second kappa shape index (κ2) is 7.34. The van der Waals surface area contributed by atoms with Crippen molar-refractivity contribution in [1.82, 2.24) is 0 Å². The number of ketones is 1. The third-order valence-corrected chi connectivity index (χ3v) is 3.80. The highest BCUT2D eigenvalue weighted by Gasteiger charge is 2.12. The lowest BCUT2D eigenvalue weighted by Crippen LogP contribution is -1.99. The molecule has 0 bridgehead atoms. The van der Waals surface area contributed by atoms with Crippen LogP contribution in [0.25, 0.3) is 17.2 Å². The summed E-state index contributed by atoms with van der Waals surface area (Å²) in [6.07, 6.45) is 4.18. The number of rotatable bonds is 5. The molecule has 24 heavy (non-hydrogen) atoms. The predicted molar refractivity (Wildman–Crippen MR) is 97.1 cm³/mol. The van der Waals surface area contributed by atoms with Crippen LogP contribution >= 0.6 is 0 Å². The molecule has 116 valence electrons. The van der Waals surface area contributed by atoms with Gasteiger partial charge in [0.2, 0.25) is 0 Å². The van der Waals surface area contributed by atoms with E-state index >= 15 is 0 Å². The number of hydrogen-bond donors (Lipinski definition) is 0. The van der Waals surface area contributed by atoms with Crippen LogP contribution in [0.15, 0.2) is 84.9 Å². The molecule has 0 saturated heterocycles. The maximum Gasteiger partial charge on any atom is 0.186 e. The van der Waals surface area contributed by atoms with E-state index in [1.165, 1.54) is 0 Å². The normalized spacial score (nSPS) is 10.7. The quantitative estimate of drug-likeness (QED) is 0.375. The van der Waals surface area contributed by atoms with E-state index in [4.69, 9.17) is 0 Å². The second-order valence-electron chi connectivity index (χ2n) is 5.36. The van der Waals surface area contributed by atoms with Crippen LogP contribution in [0.2, 0.25) is 0 Å². The fraction of sp³-hybridized carbons (Fsp3) is 0. The first-order chi connectivity index (χ1) is 11.8. The molecule has 0 radical (unpaired) electrons. The van der Waals surface area contributed by atoms with Gasteiger partial charge in [0, 0.05) is 11.1 Å². The molecule has 0 saturated carbocycles. The Morgan fingerprint density at radius 3 is 2.08 bits per heavy atom. The maximum absolute atomic E-state index is 12.6. The lowest BCUT2D eigenvalue weighted by Gasteiger charge is -2.09. The highest BCUT2D eigenvalue weighted by Crippen LogP contribution is 2.27. The topological polar surface area (TPSA) is 34.1 Å². The van der Waals surface area contributed by atoms with E-state index in [0.717, 1.165) is 23.0 Å². The minimum absolute atomic E-state index is 0.0878. The SMILES string of the molecule is O=Cc1ccccc1-c1ccccc1C(=O)/C=C/c1ccccc1. The Bertz CT molecular complexity index is 893. The van der Waals surface area contributed by atoms with Crippen molar-refractivity contribution in [2.45, 2.75) is 0 Å². The molecular weight excluding hydrogens is 296 g/mol. The summed E-state index contributed by atoms with van der Waals surface area (Å²) in [4.78, 5) is 23.9. The largest absolute Gasteiger partial charge is 0.298 e. The van der Waals surface area contributed by atoms with Gasteiger partial charge in [-0.15, -0.1) is 0 Å². The zero-order valence-electron chi connectivity index (χ0n) is 13.1. The van der Waals surface area contributed by atoms with Gasteiger partial charge in [-0.1, -0.05) is 84.9 Å². The third-order valence-electron chi connectivity index (χ3n) is 3.80. The summed E-state index contributed by atoms with van der Waals surface area (Å²) in [6, 6.07) is 24.3. The first kappa shape index (κ1) is 15.6. The smallest absolute Gasteiger partial charge is 0.186 e. The second-order valence-corrected chi connectivity index (χ2v) is 5.36. The van der Waals surface area contributed by atoms with E-state index in [1.807, 2.05) is 66.7 Å². The van der Waals surface area contributed by atoms with Gasteiger partial charge in [-0.25, -0.2) is 0 Å². The van der Waals surface area contributed by atoms with Gasteiger partial charge in [-0.2, -0.15) is 0 Å². The van der Waals surface area contributed by atoms with Crippen molar-refractivity contribution in [3.05, 3.63) is 102 Å². The summed E-state index contributed by atoms with van der Waals surface area (Å²) < 4.78 is 0. The molecule has 0 aliphatic heterocycles. The van der Waals surface area contributed by atoms with Crippen LogP contribution < -0.4 is 0 Å². The molecular formula is C22H16O2. The molecule has 0 atom stereocenters. The maximum atomic E-state index is 12.6. The van der Waals surface area contributed by atoms with Gasteiger partial charge < -0.3 is 0 Å². The summed E-state index contributed by atoms with van der Waals surface area (Å²) in [7, 11) is 0. The average Bonchev–Trinajstić information content (AvgIpc) is 2.67. The number of carbonyl (C=O) groups excluding carboxylic acids is 2. The Morgan fingerprint density at radius 1 is 0.708 bits per heavy atom. The van der Waals surface area contributed by atoms with Gasteiger partial charge in [0.1, 0.15) is 0 Å². The van der Waals surface area contributed by atoms with Crippen LogP contribution in [0, 0.1) is 0 Å². The van der Waals surface area contributed by atoms with E-state index in [1.54, 1.807) is 24.3 Å². The number of benzene rings is 3. The van der Waals surface area contributed by atoms with Crippen LogP contribution in [0.5, 0.6) is 0 Å². The molecule has 3 aromatic rings. The van der Waals surface area contributed by atoms with Crippen molar-refractivity contribution in [2.24, 2.45) is 0 Å². The summed E-state index contributed by atoms with van der Waals surface area (Å²) in [5, 5.41) is 0. The van der Waals surface area contributed by atoms with Gasteiger partial charge in [0.25, 0.3) is 0 Å². The molecule has 0 aliphatic carbocycles. The number of hydrogen-bond acceptors (Lipinski definition) is 2. The first-order valence-corrected chi connectivity index (χ1v) is 7.70. The van der Waals surface area contributed by atoms with Gasteiger partial charge in [-0.3, -0.25) is 9.59 Å². The Morgan fingerprint density at radius 2 is 1.33 bits per heavy atom. The van der Waals surface area contributed by atoms with Gasteiger partial charge in [0.05, 0.1) is 0 Å². The molecule has 0 aliphatic rings. The van der Waals surface area contributed by atoms with Crippen molar-refractivity contribution in [3.63, 3.8) is 0 Å². The van der Waals surface area contributed by atoms with Crippen molar-refractivity contribution in [2.75, 3.05) is 0 Å². The Balaban J connectivity index is 1.99. The Labute approximate surface area is 141 Å². The van der Waals surface area contributed by atoms with Crippen molar-refractivity contribution in [3.8, 4) is 11.1 Å². The molecule has 2 nitrogen and oxygen atoms in total. The zero-order chi connectivity index (χ0) is 16.8. The highest BCUT2D eigenvalue weighted by atomic mass is 16.1. The number of aldehydes is 1. The van der Waals surface area contributed by atoms with Gasteiger partial charge in [-0.05, 0) is 22.8 Å². The van der Waals surface area contributed by atoms with Crippen LogP contribution in [-0.4, -0.2) is 12.1 Å². The van der Waals surface area contributed by atoms with Crippen LogP contribution in [-0.2, 0) is 0 Å². The molecule has 0 aromatic heterocycles. The monoisotopic (exact) mass is 312 g/mol. The standard InChI is InChI=1S/C22H16O2/c23-16-18-10-4-5-11-19(18)20-12-6-7-13-21(20)22(24)15-14-17-8-2-1-3-9-17/h1-16H/b15-14+. The van der Waals surface area contributed by atoms with Crippen molar-refractivity contribution in [1.29, 1.82) is 0 Å². The van der Waals surface area contributed by atoms with Crippen LogP contribution in [0.3, 0.4) is 0 Å². The van der Waals surface area contributed by atoms with Crippen LogP contribution in [0.4, 0.5) is 0 Å². The lowest BCUT2D eigenvalue weighted by atomic mass is 9.93. The Kier molecular flexibility index (Phi) is 4.78. The summed E-state index contributed by atoms with van der Waals surface area (Å²) in [5.41, 5.74) is 3.66. The van der Waals surface area contributed by atoms with Gasteiger partial charge >= 0.3 is 0 Å². The fourth-order valence-corrected chi connectivity index (χ4v) is 2.60. The molecule has 2 heteroatoms. The van der Waals surface area contributed by atoms with Crippen LogP contribution in [0.1, 0.15) is 26.3 Å². The molecule has 3 aromatic carbocycles. The molecule has 0 N–H and O–H groups in total. The van der Waals surface area contributed by atoms with E-state index < -0.39 is 0 Å². The molecule has 3 rings (SSSR count). The first-order valence-electron chi connectivity index (χ1n) is 7.70. The third kappa shape index (κ3) is 3.39. The van der Waals surface area contributed by atoms with E-state index in [2.05, 4.69) is 0 Å². The molecule has 0 amide bonds. The lowest BCUT2D eigenvalue weighted by molar-refractivity contribution is 0.104. The van der Waals surface area contributed by atoms with Crippen molar-refractivity contribution < 1.29 is 9.59 Å². The zero-order valence-corrected chi connectivity index (χ0v) is 13.1. The van der Waals surface area contributed by atoms with E-state index in [0.29, 0.717) is 11.1 Å². The summed E-state index contributed by atoms with van der Waals surface area (Å²) in [6.45, 7) is 0. The average molecular weight is 312 g/mol. The predicted octanol–water partition coefficient (Wildman–Crippen LogP) is 5.06. The fourth-order valence-electron chi connectivity index (χ4n) is 2.60. The van der Waals surface area contributed by atoms with Gasteiger partial charge in [0.15, 0.2) is 12.1 Å². The minimum atomic E-state index is -0.0878. The number of carbonyl (C=O) groups is 2. The van der Waals surface area contributed by atoms with Crippen molar-refractivity contribution >= 4 is 18.1 Å². The number of allylic oxidation sites excluding steroid dienone is 1. The summed E-state index contributed by atoms with van der Waals surface area (Å²) >= 11 is 0.